The van der Waals surface area contributed by atoms with Crippen LogP contribution in [-0.4, -0.2) is 29.1 Å². The van der Waals surface area contributed by atoms with Crippen molar-refractivity contribution in [3.8, 4) is 0 Å². The van der Waals surface area contributed by atoms with Crippen LogP contribution in [0.15, 0.2) is 18.2 Å². The minimum atomic E-state index is -1.09. The van der Waals surface area contributed by atoms with Crippen molar-refractivity contribution in [1.29, 1.82) is 0 Å². The molecule has 2 atom stereocenters. The molecule has 0 aliphatic carbocycles. The Hall–Kier alpha value is -1.95. The summed E-state index contributed by atoms with van der Waals surface area (Å²) in [6.45, 7) is 7.03. The minimum Gasteiger partial charge on any atom is -0.388 e. The lowest BCUT2D eigenvalue weighted by Crippen LogP contribution is -2.47. The Bertz CT molecular complexity index is 558. The second-order valence-corrected chi connectivity index (χ2v) is 5.76. The van der Waals surface area contributed by atoms with Gasteiger partial charge >= 0.3 is 11.8 Å². The maximum Gasteiger partial charge on any atom is 0.313 e. The van der Waals surface area contributed by atoms with E-state index in [9.17, 15) is 19.1 Å². The summed E-state index contributed by atoms with van der Waals surface area (Å²) in [5.74, 6) is -2.12. The summed E-state index contributed by atoms with van der Waals surface area (Å²) in [5.41, 5.74) is -0.195. The molecule has 0 fully saturated rings. The summed E-state index contributed by atoms with van der Waals surface area (Å²) < 4.78 is 13.0. The van der Waals surface area contributed by atoms with Crippen molar-refractivity contribution in [2.45, 2.75) is 39.7 Å². The fourth-order valence-electron chi connectivity index (χ4n) is 1.90. The topological polar surface area (TPSA) is 78.4 Å². The van der Waals surface area contributed by atoms with Crippen molar-refractivity contribution in [1.82, 2.24) is 5.32 Å². The van der Waals surface area contributed by atoms with Gasteiger partial charge in [-0.1, -0.05) is 20.3 Å². The Balaban J connectivity index is 2.61. The van der Waals surface area contributed by atoms with Gasteiger partial charge in [-0.05, 0) is 43.5 Å². The second-order valence-electron chi connectivity index (χ2n) is 5.76. The molecule has 0 bridgehead atoms. The number of halogens is 1. The van der Waals surface area contributed by atoms with Crippen LogP contribution in [0.1, 0.15) is 32.8 Å². The normalized spacial score (nSPS) is 14.8. The highest BCUT2D eigenvalue weighted by Crippen LogP contribution is 2.19. The molecule has 0 saturated heterocycles. The van der Waals surface area contributed by atoms with E-state index in [2.05, 4.69) is 10.6 Å². The van der Waals surface area contributed by atoms with Gasteiger partial charge in [-0.25, -0.2) is 4.39 Å². The van der Waals surface area contributed by atoms with E-state index in [1.165, 1.54) is 18.2 Å². The van der Waals surface area contributed by atoms with E-state index >= 15 is 0 Å². The highest BCUT2D eigenvalue weighted by molar-refractivity contribution is 6.39. The number of nitrogens with one attached hydrogen (secondary N) is 2. The SMILES string of the molecule is CCC(C)C(C)(O)CNC(=O)C(=O)Nc1ccc(F)cc1C. The lowest BCUT2D eigenvalue weighted by atomic mass is 9.89. The van der Waals surface area contributed by atoms with Gasteiger partial charge in [0.1, 0.15) is 5.82 Å². The Morgan fingerprint density at radius 1 is 1.36 bits per heavy atom. The van der Waals surface area contributed by atoms with Crippen LogP contribution < -0.4 is 10.6 Å². The number of carbonyl (C=O) groups excluding carboxylic acids is 2. The number of amides is 2. The molecule has 6 heteroatoms. The van der Waals surface area contributed by atoms with Gasteiger partial charge in [-0.2, -0.15) is 0 Å². The average molecular weight is 310 g/mol. The van der Waals surface area contributed by atoms with Gasteiger partial charge in [0.25, 0.3) is 0 Å². The summed E-state index contributed by atoms with van der Waals surface area (Å²) in [6, 6.07) is 3.86. The smallest absolute Gasteiger partial charge is 0.313 e. The van der Waals surface area contributed by atoms with Gasteiger partial charge in [-0.15, -0.1) is 0 Å². The molecule has 3 N–H and O–H groups in total. The molecule has 0 saturated carbocycles. The molecule has 2 unspecified atom stereocenters. The van der Waals surface area contributed by atoms with Gasteiger partial charge in [0.2, 0.25) is 0 Å². The lowest BCUT2D eigenvalue weighted by molar-refractivity contribution is -0.137. The molecule has 1 aromatic carbocycles. The van der Waals surface area contributed by atoms with Crippen LogP contribution in [0.2, 0.25) is 0 Å². The largest absolute Gasteiger partial charge is 0.388 e. The van der Waals surface area contributed by atoms with E-state index < -0.39 is 23.2 Å². The van der Waals surface area contributed by atoms with Gasteiger partial charge in [-0.3, -0.25) is 9.59 Å². The fourth-order valence-corrected chi connectivity index (χ4v) is 1.90. The van der Waals surface area contributed by atoms with Crippen LogP contribution in [0.5, 0.6) is 0 Å². The summed E-state index contributed by atoms with van der Waals surface area (Å²) in [5, 5.41) is 15.0. The van der Waals surface area contributed by atoms with Crippen LogP contribution in [0.3, 0.4) is 0 Å². The van der Waals surface area contributed by atoms with Crippen molar-refractivity contribution in [2.24, 2.45) is 5.92 Å². The first-order chi connectivity index (χ1) is 10.2. The zero-order chi connectivity index (χ0) is 16.9. The standard InChI is InChI=1S/C16H23FN2O3/c1-5-11(3)16(4,22)9-18-14(20)15(21)19-13-7-6-12(17)8-10(13)2/h6-8,11,22H,5,9H2,1-4H3,(H,18,20)(H,19,21). The molecule has 0 aromatic heterocycles. The molecule has 0 heterocycles. The Morgan fingerprint density at radius 2 is 2.00 bits per heavy atom. The number of rotatable bonds is 5. The fraction of sp³-hybridized carbons (Fsp3) is 0.500. The van der Waals surface area contributed by atoms with Crippen LogP contribution in [0.25, 0.3) is 0 Å². The van der Waals surface area contributed by atoms with Gasteiger partial charge in [0.15, 0.2) is 0 Å². The van der Waals surface area contributed by atoms with Crippen LogP contribution >= 0.6 is 0 Å². The molecule has 0 aliphatic heterocycles. The van der Waals surface area contributed by atoms with Gasteiger partial charge < -0.3 is 15.7 Å². The van der Waals surface area contributed by atoms with Crippen LogP contribution in [0, 0.1) is 18.7 Å². The molecule has 5 nitrogen and oxygen atoms in total. The predicted molar refractivity (Wildman–Crippen MR) is 82.9 cm³/mol. The third kappa shape index (κ3) is 4.80. The van der Waals surface area contributed by atoms with E-state index in [1.54, 1.807) is 13.8 Å². The molecule has 1 rings (SSSR count). The first-order valence-corrected chi connectivity index (χ1v) is 7.25. The molecular formula is C16H23FN2O3. The third-order valence-electron chi connectivity index (χ3n) is 3.92. The third-order valence-corrected chi connectivity index (χ3v) is 3.92. The summed E-state index contributed by atoms with van der Waals surface area (Å²) in [4.78, 5) is 23.6. The Kier molecular flexibility index (Phi) is 6.05. The minimum absolute atomic E-state index is 0.0172. The zero-order valence-electron chi connectivity index (χ0n) is 13.4. The molecular weight excluding hydrogens is 287 g/mol. The van der Waals surface area contributed by atoms with E-state index in [4.69, 9.17) is 0 Å². The summed E-state index contributed by atoms with van der Waals surface area (Å²) in [6.07, 6.45) is 0.754. The van der Waals surface area contributed by atoms with Crippen molar-refractivity contribution in [2.75, 3.05) is 11.9 Å². The number of aliphatic hydroxyl groups is 1. The molecule has 0 spiro atoms. The maximum absolute atomic E-state index is 13.0. The molecule has 22 heavy (non-hydrogen) atoms. The summed E-state index contributed by atoms with van der Waals surface area (Å²) in [7, 11) is 0. The molecule has 122 valence electrons. The van der Waals surface area contributed by atoms with Crippen molar-refractivity contribution in [3.63, 3.8) is 0 Å². The van der Waals surface area contributed by atoms with E-state index in [0.29, 0.717) is 11.3 Å². The number of benzene rings is 1. The highest BCUT2D eigenvalue weighted by atomic mass is 19.1. The van der Waals surface area contributed by atoms with Gasteiger partial charge in [0.05, 0.1) is 5.60 Å². The second kappa shape index (κ2) is 7.35. The number of hydrogen-bond acceptors (Lipinski definition) is 3. The van der Waals surface area contributed by atoms with E-state index in [-0.39, 0.29) is 12.5 Å². The molecule has 2 amide bonds. The summed E-state index contributed by atoms with van der Waals surface area (Å²) >= 11 is 0. The lowest BCUT2D eigenvalue weighted by Gasteiger charge is -2.29. The van der Waals surface area contributed by atoms with Gasteiger partial charge in [0, 0.05) is 12.2 Å². The predicted octanol–water partition coefficient (Wildman–Crippen LogP) is 1.99. The molecule has 0 radical (unpaired) electrons. The van der Waals surface area contributed by atoms with Crippen LogP contribution in [0.4, 0.5) is 10.1 Å². The Morgan fingerprint density at radius 3 is 2.55 bits per heavy atom. The van der Waals surface area contributed by atoms with Crippen molar-refractivity contribution < 1.29 is 19.1 Å². The van der Waals surface area contributed by atoms with Crippen molar-refractivity contribution >= 4 is 17.5 Å². The maximum atomic E-state index is 13.0. The van der Waals surface area contributed by atoms with E-state index in [1.807, 2.05) is 13.8 Å². The average Bonchev–Trinajstić information content (AvgIpc) is 2.46. The number of hydrogen-bond donors (Lipinski definition) is 3. The highest BCUT2D eigenvalue weighted by Gasteiger charge is 2.28. The molecule has 1 aromatic rings. The van der Waals surface area contributed by atoms with Crippen LogP contribution in [-0.2, 0) is 9.59 Å². The first-order valence-electron chi connectivity index (χ1n) is 7.25. The molecule has 0 aliphatic rings. The monoisotopic (exact) mass is 310 g/mol. The zero-order valence-corrected chi connectivity index (χ0v) is 13.4. The number of carbonyl (C=O) groups is 2. The Labute approximate surface area is 129 Å². The quantitative estimate of drug-likeness (QED) is 0.728. The first kappa shape index (κ1) is 18.1. The van der Waals surface area contributed by atoms with Crippen molar-refractivity contribution in [3.05, 3.63) is 29.6 Å². The number of aryl methyl sites for hydroxylation is 1. The van der Waals surface area contributed by atoms with E-state index in [0.717, 1.165) is 6.42 Å². The number of anilines is 1.